The van der Waals surface area contributed by atoms with Crippen LogP contribution in [0.3, 0.4) is 0 Å². The normalized spacial score (nSPS) is 17.0. The summed E-state index contributed by atoms with van der Waals surface area (Å²) in [6.07, 6.45) is 0.721. The molecule has 0 aromatic carbocycles. The molecule has 0 radical (unpaired) electrons. The summed E-state index contributed by atoms with van der Waals surface area (Å²) in [6, 6.07) is 0. The first-order valence-electron chi connectivity index (χ1n) is 5.23. The van der Waals surface area contributed by atoms with Crippen LogP contribution in [0.4, 0.5) is 0 Å². The first kappa shape index (κ1) is 13.9. The van der Waals surface area contributed by atoms with Gasteiger partial charge in [0.05, 0.1) is 11.0 Å². The second kappa shape index (κ2) is 5.71. The molecular formula is C10H23NO2S. The molecule has 0 rings (SSSR count). The van der Waals surface area contributed by atoms with Crippen LogP contribution in [0.25, 0.3) is 0 Å². The summed E-state index contributed by atoms with van der Waals surface area (Å²) in [5.74, 6) is 1.07. The molecule has 14 heavy (non-hydrogen) atoms. The minimum absolute atomic E-state index is 0.261. The van der Waals surface area contributed by atoms with Crippen molar-refractivity contribution in [3.05, 3.63) is 0 Å². The standard InChI is InChI=1S/C10H23NO2S/c1-8(2)14(12,13)6-5-9(3)10(4)7-11/h8-10H,5-7,11H2,1-4H3. The van der Waals surface area contributed by atoms with Crippen LogP contribution in [-0.4, -0.2) is 26.0 Å². The molecule has 2 N–H and O–H groups in total. The van der Waals surface area contributed by atoms with Gasteiger partial charge in [0.2, 0.25) is 0 Å². The van der Waals surface area contributed by atoms with Crippen molar-refractivity contribution in [3.63, 3.8) is 0 Å². The predicted octanol–water partition coefficient (Wildman–Crippen LogP) is 1.43. The molecule has 0 aliphatic carbocycles. The Kier molecular flexibility index (Phi) is 5.67. The van der Waals surface area contributed by atoms with E-state index in [9.17, 15) is 8.42 Å². The van der Waals surface area contributed by atoms with Gasteiger partial charge >= 0.3 is 0 Å². The third kappa shape index (κ3) is 4.42. The fourth-order valence-electron chi connectivity index (χ4n) is 1.10. The second-order valence-corrected chi connectivity index (χ2v) is 7.07. The van der Waals surface area contributed by atoms with Gasteiger partial charge in [-0.1, -0.05) is 13.8 Å². The lowest BCUT2D eigenvalue weighted by Crippen LogP contribution is -2.23. The van der Waals surface area contributed by atoms with Crippen molar-refractivity contribution in [3.8, 4) is 0 Å². The van der Waals surface area contributed by atoms with E-state index in [0.717, 1.165) is 6.42 Å². The van der Waals surface area contributed by atoms with Gasteiger partial charge in [-0.2, -0.15) is 0 Å². The highest BCUT2D eigenvalue weighted by Crippen LogP contribution is 2.16. The molecule has 3 nitrogen and oxygen atoms in total. The minimum Gasteiger partial charge on any atom is -0.330 e. The summed E-state index contributed by atoms with van der Waals surface area (Å²) in [6.45, 7) is 8.21. The number of hydrogen-bond acceptors (Lipinski definition) is 3. The number of nitrogens with two attached hydrogens (primary N) is 1. The maximum atomic E-state index is 11.5. The zero-order valence-corrected chi connectivity index (χ0v) is 10.5. The van der Waals surface area contributed by atoms with Crippen molar-refractivity contribution < 1.29 is 8.42 Å². The Morgan fingerprint density at radius 1 is 1.07 bits per heavy atom. The maximum absolute atomic E-state index is 11.5. The molecule has 0 heterocycles. The van der Waals surface area contributed by atoms with E-state index < -0.39 is 9.84 Å². The van der Waals surface area contributed by atoms with Crippen molar-refractivity contribution in [2.75, 3.05) is 12.3 Å². The van der Waals surface area contributed by atoms with Crippen LogP contribution in [0.1, 0.15) is 34.1 Å². The Morgan fingerprint density at radius 3 is 1.93 bits per heavy atom. The SMILES string of the molecule is CC(CN)C(C)CCS(=O)(=O)C(C)C. The molecule has 0 amide bonds. The molecule has 2 unspecified atom stereocenters. The summed E-state index contributed by atoms with van der Waals surface area (Å²) in [7, 11) is -2.88. The molecule has 0 aliphatic heterocycles. The molecule has 4 heteroatoms. The Bertz CT molecular complexity index is 247. The quantitative estimate of drug-likeness (QED) is 0.738. The predicted molar refractivity (Wildman–Crippen MR) is 60.9 cm³/mol. The van der Waals surface area contributed by atoms with Gasteiger partial charge in [-0.3, -0.25) is 0 Å². The maximum Gasteiger partial charge on any atom is 0.152 e. The monoisotopic (exact) mass is 221 g/mol. The topological polar surface area (TPSA) is 60.2 Å². The Labute approximate surface area is 88.0 Å². The molecule has 0 spiro atoms. The Hall–Kier alpha value is -0.0900. The fourth-order valence-corrected chi connectivity index (χ4v) is 2.27. The summed E-state index contributed by atoms with van der Waals surface area (Å²) in [5, 5.41) is -0.261. The van der Waals surface area contributed by atoms with Gasteiger partial charge in [-0.25, -0.2) is 8.42 Å². The zero-order chi connectivity index (χ0) is 11.4. The average molecular weight is 221 g/mol. The Morgan fingerprint density at radius 2 is 1.57 bits per heavy atom. The van der Waals surface area contributed by atoms with Crippen molar-refractivity contribution in [1.82, 2.24) is 0 Å². The van der Waals surface area contributed by atoms with E-state index in [4.69, 9.17) is 5.73 Å². The van der Waals surface area contributed by atoms with E-state index in [2.05, 4.69) is 13.8 Å². The molecule has 0 aromatic heterocycles. The van der Waals surface area contributed by atoms with Crippen LogP contribution >= 0.6 is 0 Å². The highest BCUT2D eigenvalue weighted by atomic mass is 32.2. The number of sulfone groups is 1. The third-order valence-corrected chi connectivity index (χ3v) is 5.16. The van der Waals surface area contributed by atoms with Gasteiger partial charge in [-0.15, -0.1) is 0 Å². The van der Waals surface area contributed by atoms with Gasteiger partial charge in [0, 0.05) is 0 Å². The summed E-state index contributed by atoms with van der Waals surface area (Å²) >= 11 is 0. The van der Waals surface area contributed by atoms with Crippen molar-refractivity contribution >= 4 is 9.84 Å². The lowest BCUT2D eigenvalue weighted by Gasteiger charge is -2.18. The summed E-state index contributed by atoms with van der Waals surface area (Å²) in [4.78, 5) is 0. The summed E-state index contributed by atoms with van der Waals surface area (Å²) in [5.41, 5.74) is 5.52. The highest BCUT2D eigenvalue weighted by Gasteiger charge is 2.19. The first-order valence-corrected chi connectivity index (χ1v) is 6.94. The number of hydrogen-bond donors (Lipinski definition) is 1. The van der Waals surface area contributed by atoms with Crippen LogP contribution in [0.5, 0.6) is 0 Å². The van der Waals surface area contributed by atoms with E-state index >= 15 is 0 Å². The van der Waals surface area contributed by atoms with Crippen molar-refractivity contribution in [1.29, 1.82) is 0 Å². The third-order valence-electron chi connectivity index (χ3n) is 2.92. The van der Waals surface area contributed by atoms with E-state index in [1.807, 2.05) is 0 Å². The van der Waals surface area contributed by atoms with E-state index in [1.165, 1.54) is 0 Å². The Balaban J connectivity index is 4.07. The van der Waals surface area contributed by atoms with Gasteiger partial charge in [0.25, 0.3) is 0 Å². The van der Waals surface area contributed by atoms with Gasteiger partial charge in [-0.05, 0) is 38.6 Å². The molecular weight excluding hydrogens is 198 g/mol. The van der Waals surface area contributed by atoms with E-state index in [1.54, 1.807) is 13.8 Å². The average Bonchev–Trinajstić information content (AvgIpc) is 2.12. The molecule has 0 fully saturated rings. The second-order valence-electron chi connectivity index (χ2n) is 4.39. The van der Waals surface area contributed by atoms with Crippen LogP contribution in [0.15, 0.2) is 0 Å². The van der Waals surface area contributed by atoms with Crippen molar-refractivity contribution in [2.24, 2.45) is 17.6 Å². The van der Waals surface area contributed by atoms with Crippen LogP contribution in [0, 0.1) is 11.8 Å². The zero-order valence-electron chi connectivity index (χ0n) is 9.66. The highest BCUT2D eigenvalue weighted by molar-refractivity contribution is 7.91. The fraction of sp³-hybridized carbons (Fsp3) is 1.00. The van der Waals surface area contributed by atoms with Gasteiger partial charge in [0.1, 0.15) is 0 Å². The van der Waals surface area contributed by atoms with Crippen molar-refractivity contribution in [2.45, 2.75) is 39.4 Å². The molecule has 0 saturated carbocycles. The molecule has 0 aliphatic rings. The van der Waals surface area contributed by atoms with Crippen LogP contribution in [-0.2, 0) is 9.84 Å². The first-order chi connectivity index (χ1) is 6.31. The van der Waals surface area contributed by atoms with Crippen LogP contribution < -0.4 is 5.73 Å². The largest absolute Gasteiger partial charge is 0.330 e. The van der Waals surface area contributed by atoms with Crippen LogP contribution in [0.2, 0.25) is 0 Å². The molecule has 0 saturated heterocycles. The van der Waals surface area contributed by atoms with Gasteiger partial charge in [0.15, 0.2) is 9.84 Å². The lowest BCUT2D eigenvalue weighted by atomic mass is 9.94. The minimum atomic E-state index is -2.88. The molecule has 0 bridgehead atoms. The molecule has 2 atom stereocenters. The molecule has 86 valence electrons. The number of rotatable bonds is 6. The van der Waals surface area contributed by atoms with Gasteiger partial charge < -0.3 is 5.73 Å². The lowest BCUT2D eigenvalue weighted by molar-refractivity contribution is 0.385. The summed E-state index contributed by atoms with van der Waals surface area (Å²) < 4.78 is 23.0. The molecule has 0 aromatic rings. The van der Waals surface area contributed by atoms with E-state index in [0.29, 0.717) is 18.4 Å². The van der Waals surface area contributed by atoms with E-state index in [-0.39, 0.29) is 11.0 Å². The smallest absolute Gasteiger partial charge is 0.152 e.